The molecule has 1 aromatic heterocycles. The monoisotopic (exact) mass is 250 g/mol. The van der Waals surface area contributed by atoms with Crippen LogP contribution in [-0.4, -0.2) is 4.98 Å². The van der Waals surface area contributed by atoms with Crippen LogP contribution in [0.2, 0.25) is 0 Å². The summed E-state index contributed by atoms with van der Waals surface area (Å²) in [4.78, 5) is 4.55. The van der Waals surface area contributed by atoms with Gasteiger partial charge in [0.1, 0.15) is 0 Å². The van der Waals surface area contributed by atoms with Crippen molar-refractivity contribution in [1.82, 2.24) is 4.98 Å². The Bertz CT molecular complexity index is 594. The predicted molar refractivity (Wildman–Crippen MR) is 79.8 cm³/mol. The summed E-state index contributed by atoms with van der Waals surface area (Å²) in [7, 11) is 0. The third kappa shape index (κ3) is 3.59. The Labute approximate surface area is 114 Å². The van der Waals surface area contributed by atoms with E-state index in [9.17, 15) is 0 Å². The molecule has 0 aliphatic carbocycles. The maximum absolute atomic E-state index is 5.65. The molecule has 2 aromatic rings. The van der Waals surface area contributed by atoms with Gasteiger partial charge in [0.05, 0.1) is 0 Å². The zero-order valence-corrected chi connectivity index (χ0v) is 11.4. The second-order valence-electron chi connectivity index (χ2n) is 4.42. The molecule has 2 N–H and O–H groups in total. The van der Waals surface area contributed by atoms with E-state index in [-0.39, 0.29) is 0 Å². The van der Waals surface area contributed by atoms with Gasteiger partial charge in [-0.2, -0.15) is 0 Å². The summed E-state index contributed by atoms with van der Waals surface area (Å²) in [5.74, 6) is 6.36. The molecule has 0 bridgehead atoms. The summed E-state index contributed by atoms with van der Waals surface area (Å²) in [6, 6.07) is 11.7. The van der Waals surface area contributed by atoms with E-state index in [1.165, 1.54) is 0 Å². The van der Waals surface area contributed by atoms with E-state index in [0.29, 0.717) is 0 Å². The molecule has 2 nitrogen and oxygen atoms in total. The predicted octanol–water partition coefficient (Wildman–Crippen LogP) is 3.19. The fraction of sp³-hybridized carbons (Fsp3) is 0.235. The van der Waals surface area contributed by atoms with E-state index in [1.54, 1.807) is 0 Å². The molecule has 0 amide bonds. The average Bonchev–Trinajstić information content (AvgIpc) is 2.46. The van der Waals surface area contributed by atoms with E-state index < -0.39 is 0 Å². The van der Waals surface area contributed by atoms with Gasteiger partial charge in [-0.05, 0) is 49.2 Å². The lowest BCUT2D eigenvalue weighted by molar-refractivity contribution is 0.952. The molecule has 0 radical (unpaired) electrons. The minimum absolute atomic E-state index is 0.760. The summed E-state index contributed by atoms with van der Waals surface area (Å²) in [6.45, 7) is 4.22. The van der Waals surface area contributed by atoms with E-state index in [0.717, 1.165) is 41.0 Å². The van der Waals surface area contributed by atoms with Crippen LogP contribution >= 0.6 is 0 Å². The van der Waals surface area contributed by atoms with Crippen LogP contribution < -0.4 is 5.73 Å². The minimum Gasteiger partial charge on any atom is -0.399 e. The maximum Gasteiger partial charge on any atom is 0.0416 e. The number of rotatable bonds is 2. The highest BCUT2D eigenvalue weighted by atomic mass is 14.7. The highest BCUT2D eigenvalue weighted by Gasteiger charge is 1.98. The van der Waals surface area contributed by atoms with Crippen molar-refractivity contribution < 1.29 is 0 Å². The van der Waals surface area contributed by atoms with Crippen LogP contribution in [-0.2, 0) is 12.8 Å². The van der Waals surface area contributed by atoms with Crippen molar-refractivity contribution in [2.45, 2.75) is 26.7 Å². The zero-order chi connectivity index (χ0) is 13.7. The van der Waals surface area contributed by atoms with E-state index in [4.69, 9.17) is 5.73 Å². The quantitative estimate of drug-likeness (QED) is 0.656. The second-order valence-corrected chi connectivity index (χ2v) is 4.42. The number of aryl methyl sites for hydroxylation is 2. The molecule has 96 valence electrons. The van der Waals surface area contributed by atoms with E-state index in [2.05, 4.69) is 42.8 Å². The Kier molecular flexibility index (Phi) is 4.20. The number of pyridine rings is 1. The van der Waals surface area contributed by atoms with Crippen LogP contribution in [0.1, 0.15) is 36.4 Å². The van der Waals surface area contributed by atoms with Crippen molar-refractivity contribution in [3.63, 3.8) is 0 Å². The lowest BCUT2D eigenvalue weighted by Crippen LogP contribution is -1.95. The molecule has 19 heavy (non-hydrogen) atoms. The van der Waals surface area contributed by atoms with Crippen LogP contribution in [0.3, 0.4) is 0 Å². The third-order valence-corrected chi connectivity index (χ3v) is 2.92. The Hall–Kier alpha value is -2.27. The number of nitrogen functional groups attached to an aromatic ring is 1. The summed E-state index contributed by atoms with van der Waals surface area (Å²) < 4.78 is 0. The van der Waals surface area contributed by atoms with Gasteiger partial charge >= 0.3 is 0 Å². The number of aromatic nitrogens is 1. The Morgan fingerprint density at radius 3 is 1.95 bits per heavy atom. The average molecular weight is 250 g/mol. The first kappa shape index (κ1) is 13.2. The van der Waals surface area contributed by atoms with Crippen molar-refractivity contribution in [3.05, 3.63) is 58.9 Å². The third-order valence-electron chi connectivity index (χ3n) is 2.92. The molecule has 0 atom stereocenters. The first-order valence-corrected chi connectivity index (χ1v) is 6.58. The SMILES string of the molecule is CCc1cc(C#Cc2ccc(N)cc2)cc(CC)n1. The number of nitrogens with two attached hydrogens (primary N) is 1. The maximum atomic E-state index is 5.65. The van der Waals surface area contributed by atoms with Crippen molar-refractivity contribution in [2.24, 2.45) is 0 Å². The highest BCUT2D eigenvalue weighted by molar-refractivity contribution is 5.48. The van der Waals surface area contributed by atoms with Gasteiger partial charge in [-0.3, -0.25) is 4.98 Å². The van der Waals surface area contributed by atoms with Gasteiger partial charge in [-0.25, -0.2) is 0 Å². The molecule has 2 rings (SSSR count). The molecule has 0 fully saturated rings. The second kappa shape index (κ2) is 6.06. The van der Waals surface area contributed by atoms with E-state index >= 15 is 0 Å². The van der Waals surface area contributed by atoms with Crippen molar-refractivity contribution >= 4 is 5.69 Å². The van der Waals surface area contributed by atoms with Crippen LogP contribution in [0, 0.1) is 11.8 Å². The molecule has 0 saturated carbocycles. The Morgan fingerprint density at radius 1 is 0.895 bits per heavy atom. The van der Waals surface area contributed by atoms with Crippen LogP contribution in [0.25, 0.3) is 0 Å². The number of nitrogens with zero attached hydrogens (tertiary/aromatic N) is 1. The summed E-state index contributed by atoms with van der Waals surface area (Å²) in [5.41, 5.74) is 10.6. The van der Waals surface area contributed by atoms with Crippen LogP contribution in [0.15, 0.2) is 36.4 Å². The molecular formula is C17H18N2. The summed E-state index contributed by atoms with van der Waals surface area (Å²) >= 11 is 0. The van der Waals surface area contributed by atoms with Gasteiger partial charge < -0.3 is 5.73 Å². The standard InChI is InChI=1S/C17H18N2/c1-3-16-11-14(12-17(4-2)19-16)6-5-13-7-9-15(18)10-8-13/h7-12H,3-4,18H2,1-2H3. The van der Waals surface area contributed by atoms with Gasteiger partial charge in [-0.15, -0.1) is 0 Å². The van der Waals surface area contributed by atoms with Gasteiger partial charge in [0.15, 0.2) is 0 Å². The van der Waals surface area contributed by atoms with E-state index in [1.807, 2.05) is 24.3 Å². The molecule has 0 aliphatic rings. The Balaban J connectivity index is 2.30. The summed E-state index contributed by atoms with van der Waals surface area (Å²) in [5, 5.41) is 0. The number of benzene rings is 1. The molecule has 2 heteroatoms. The van der Waals surface area contributed by atoms with Gasteiger partial charge in [0.2, 0.25) is 0 Å². The number of hydrogen-bond acceptors (Lipinski definition) is 2. The number of anilines is 1. The van der Waals surface area contributed by atoms with Crippen molar-refractivity contribution in [2.75, 3.05) is 5.73 Å². The molecule has 0 aliphatic heterocycles. The molecule has 1 heterocycles. The van der Waals surface area contributed by atoms with Gasteiger partial charge in [0, 0.05) is 28.2 Å². The van der Waals surface area contributed by atoms with Crippen molar-refractivity contribution in [1.29, 1.82) is 0 Å². The molecule has 0 spiro atoms. The largest absolute Gasteiger partial charge is 0.399 e. The van der Waals surface area contributed by atoms with Crippen molar-refractivity contribution in [3.8, 4) is 11.8 Å². The lowest BCUT2D eigenvalue weighted by Gasteiger charge is -2.02. The molecular weight excluding hydrogens is 232 g/mol. The van der Waals surface area contributed by atoms with Gasteiger partial charge in [-0.1, -0.05) is 25.7 Å². The smallest absolute Gasteiger partial charge is 0.0416 e. The fourth-order valence-electron chi connectivity index (χ4n) is 1.79. The van der Waals surface area contributed by atoms with Gasteiger partial charge in [0.25, 0.3) is 0 Å². The minimum atomic E-state index is 0.760. The van der Waals surface area contributed by atoms with Crippen LogP contribution in [0.4, 0.5) is 5.69 Å². The number of hydrogen-bond donors (Lipinski definition) is 1. The topological polar surface area (TPSA) is 38.9 Å². The highest BCUT2D eigenvalue weighted by Crippen LogP contribution is 2.08. The van der Waals surface area contributed by atoms with Crippen LogP contribution in [0.5, 0.6) is 0 Å². The lowest BCUT2D eigenvalue weighted by atomic mass is 10.1. The molecule has 0 saturated heterocycles. The first-order valence-electron chi connectivity index (χ1n) is 6.58. The Morgan fingerprint density at radius 2 is 1.42 bits per heavy atom. The zero-order valence-electron chi connectivity index (χ0n) is 11.4. The molecule has 0 unspecified atom stereocenters. The first-order chi connectivity index (χ1) is 9.21. The summed E-state index contributed by atoms with van der Waals surface area (Å²) in [6.07, 6.45) is 1.87. The normalized spacial score (nSPS) is 9.79. The molecule has 1 aromatic carbocycles. The fourth-order valence-corrected chi connectivity index (χ4v) is 1.79.